The molecule has 0 amide bonds. The molecule has 2 aromatic carbocycles. The van der Waals surface area contributed by atoms with E-state index in [1.54, 1.807) is 43.3 Å². The van der Waals surface area contributed by atoms with Gasteiger partial charge < -0.3 is 9.47 Å². The summed E-state index contributed by atoms with van der Waals surface area (Å²) in [6.45, 7) is 3.68. The molecule has 4 rings (SSSR count). The van der Waals surface area contributed by atoms with Crippen molar-refractivity contribution in [3.8, 4) is 11.5 Å². The van der Waals surface area contributed by atoms with Gasteiger partial charge in [-0.1, -0.05) is 40.9 Å². The Morgan fingerprint density at radius 1 is 1.00 bits per heavy atom. The molecule has 0 spiro atoms. The van der Waals surface area contributed by atoms with Gasteiger partial charge in [-0.3, -0.25) is 4.98 Å². The van der Waals surface area contributed by atoms with Gasteiger partial charge in [0.1, 0.15) is 6.10 Å². The lowest BCUT2D eigenvalue weighted by atomic mass is 10.1. The van der Waals surface area contributed by atoms with E-state index < -0.39 is 16.1 Å². The first-order chi connectivity index (χ1) is 15.2. The van der Waals surface area contributed by atoms with E-state index in [9.17, 15) is 8.42 Å². The number of aromatic nitrogens is 3. The summed E-state index contributed by atoms with van der Waals surface area (Å²) < 4.78 is 38.8. The predicted molar refractivity (Wildman–Crippen MR) is 123 cm³/mol. The van der Waals surface area contributed by atoms with Gasteiger partial charge in [-0.25, -0.2) is 0 Å². The molecule has 166 valence electrons. The number of nitrogens with zero attached hydrogens (tertiary/aromatic N) is 3. The molecular formula is C22H19Cl2N3O4S. The number of hydrogen-bond acceptors (Lipinski definition) is 6. The van der Waals surface area contributed by atoms with Crippen molar-refractivity contribution in [1.29, 1.82) is 0 Å². The number of rotatable bonds is 6. The topological polar surface area (TPSA) is 83.3 Å². The van der Waals surface area contributed by atoms with Crippen LogP contribution in [-0.4, -0.2) is 29.7 Å². The van der Waals surface area contributed by atoms with Crippen molar-refractivity contribution < 1.29 is 17.9 Å². The van der Waals surface area contributed by atoms with E-state index in [0.29, 0.717) is 38.0 Å². The summed E-state index contributed by atoms with van der Waals surface area (Å²) in [4.78, 5) is 4.09. The Balaban J connectivity index is 1.76. The molecule has 0 aliphatic carbocycles. The van der Waals surface area contributed by atoms with E-state index in [-0.39, 0.29) is 4.90 Å². The number of ether oxygens (including phenoxy) is 2. The number of benzene rings is 2. The fraction of sp³-hybridized carbons (Fsp3) is 0.182. The van der Waals surface area contributed by atoms with E-state index >= 15 is 0 Å². The van der Waals surface area contributed by atoms with Gasteiger partial charge >= 0.3 is 0 Å². The minimum Gasteiger partial charge on any atom is -0.493 e. The molecule has 0 N–H and O–H groups in total. The monoisotopic (exact) mass is 491 g/mol. The number of pyridine rings is 1. The lowest BCUT2D eigenvalue weighted by molar-refractivity contribution is 0.216. The number of aryl methyl sites for hydroxylation is 1. The van der Waals surface area contributed by atoms with Crippen molar-refractivity contribution in [3.63, 3.8) is 0 Å². The maximum absolute atomic E-state index is 13.1. The SMILES string of the molecule is COc1cc2c(cnn2S(=O)(=O)c2ccc(C)cc2)cc1OC(C)c1c(Cl)cncc1Cl. The van der Waals surface area contributed by atoms with Crippen molar-refractivity contribution >= 4 is 44.1 Å². The molecule has 0 radical (unpaired) electrons. The molecule has 32 heavy (non-hydrogen) atoms. The second kappa shape index (κ2) is 8.61. The third kappa shape index (κ3) is 4.01. The highest BCUT2D eigenvalue weighted by Crippen LogP contribution is 2.38. The van der Waals surface area contributed by atoms with Gasteiger partial charge in [0.2, 0.25) is 0 Å². The highest BCUT2D eigenvalue weighted by atomic mass is 35.5. The van der Waals surface area contributed by atoms with E-state index in [1.165, 1.54) is 25.7 Å². The standard InChI is InChI=1S/C22H19Cl2N3O4S/c1-13-4-6-16(7-5-13)32(28,29)27-19-9-20(30-3)21(8-15(19)10-26-27)31-14(2)22-17(23)11-25-12-18(22)24/h4-12,14H,1-3H3. The maximum Gasteiger partial charge on any atom is 0.283 e. The van der Waals surface area contributed by atoms with Crippen LogP contribution < -0.4 is 9.47 Å². The molecule has 1 unspecified atom stereocenters. The van der Waals surface area contributed by atoms with Gasteiger partial charge in [0.15, 0.2) is 11.5 Å². The minimum atomic E-state index is -3.89. The Kier molecular flexibility index (Phi) is 6.03. The molecule has 0 saturated carbocycles. The first-order valence-electron chi connectivity index (χ1n) is 9.56. The summed E-state index contributed by atoms with van der Waals surface area (Å²) in [5.74, 6) is 0.732. The van der Waals surface area contributed by atoms with E-state index in [0.717, 1.165) is 9.65 Å². The smallest absolute Gasteiger partial charge is 0.283 e. The quantitative estimate of drug-likeness (QED) is 0.357. The van der Waals surface area contributed by atoms with Gasteiger partial charge in [-0.2, -0.15) is 17.6 Å². The lowest BCUT2D eigenvalue weighted by Crippen LogP contribution is -2.14. The third-order valence-corrected chi connectivity index (χ3v) is 7.18. The van der Waals surface area contributed by atoms with E-state index in [1.807, 2.05) is 6.92 Å². The average Bonchev–Trinajstić information content (AvgIpc) is 3.17. The Bertz CT molecular complexity index is 1380. The summed E-state index contributed by atoms with van der Waals surface area (Å²) in [7, 11) is -2.41. The summed E-state index contributed by atoms with van der Waals surface area (Å²) >= 11 is 12.5. The molecule has 2 aromatic heterocycles. The second-order valence-corrected chi connectivity index (χ2v) is 9.73. The van der Waals surface area contributed by atoms with Crippen LogP contribution in [0.3, 0.4) is 0 Å². The summed E-state index contributed by atoms with van der Waals surface area (Å²) in [6.07, 6.45) is 3.92. The first-order valence-corrected chi connectivity index (χ1v) is 11.8. The molecule has 4 aromatic rings. The molecule has 10 heteroatoms. The summed E-state index contributed by atoms with van der Waals surface area (Å²) in [5.41, 5.74) is 1.91. The Morgan fingerprint density at radius 3 is 2.28 bits per heavy atom. The normalized spacial score (nSPS) is 12.7. The van der Waals surface area contributed by atoms with Crippen LogP contribution in [-0.2, 0) is 10.0 Å². The Morgan fingerprint density at radius 2 is 1.66 bits per heavy atom. The highest BCUT2D eigenvalue weighted by Gasteiger charge is 2.23. The number of fused-ring (bicyclic) bond motifs is 1. The van der Waals surface area contributed by atoms with Gasteiger partial charge in [0, 0.05) is 29.4 Å². The third-order valence-electron chi connectivity index (χ3n) is 4.97. The predicted octanol–water partition coefficient (Wildman–Crippen LogP) is 5.43. The van der Waals surface area contributed by atoms with Crippen LogP contribution >= 0.6 is 23.2 Å². The van der Waals surface area contributed by atoms with Crippen LogP contribution in [0.15, 0.2) is 59.9 Å². The van der Waals surface area contributed by atoms with Crippen LogP contribution in [0, 0.1) is 6.92 Å². The molecule has 1 atom stereocenters. The fourth-order valence-electron chi connectivity index (χ4n) is 3.32. The zero-order chi connectivity index (χ0) is 23.0. The first kappa shape index (κ1) is 22.4. The molecule has 0 aliphatic rings. The molecule has 2 heterocycles. The van der Waals surface area contributed by atoms with Crippen molar-refractivity contribution in [2.45, 2.75) is 24.8 Å². The molecule has 0 fully saturated rings. The summed E-state index contributed by atoms with van der Waals surface area (Å²) in [5, 5.41) is 5.43. The van der Waals surface area contributed by atoms with Crippen molar-refractivity contribution in [2.75, 3.05) is 7.11 Å². The minimum absolute atomic E-state index is 0.142. The van der Waals surface area contributed by atoms with E-state index in [4.69, 9.17) is 32.7 Å². The highest BCUT2D eigenvalue weighted by molar-refractivity contribution is 7.90. The molecule has 0 saturated heterocycles. The van der Waals surface area contributed by atoms with Crippen LogP contribution in [0.5, 0.6) is 11.5 Å². The average molecular weight is 492 g/mol. The van der Waals surface area contributed by atoms with Gasteiger partial charge in [0.05, 0.1) is 33.8 Å². The van der Waals surface area contributed by atoms with Crippen LogP contribution in [0.1, 0.15) is 24.2 Å². The number of methoxy groups -OCH3 is 1. The second-order valence-electron chi connectivity index (χ2n) is 7.14. The van der Waals surface area contributed by atoms with E-state index in [2.05, 4.69) is 10.1 Å². The van der Waals surface area contributed by atoms with Crippen molar-refractivity contribution in [3.05, 3.63) is 76.2 Å². The van der Waals surface area contributed by atoms with Gasteiger partial charge in [-0.05, 0) is 32.0 Å². The molecule has 7 nitrogen and oxygen atoms in total. The summed E-state index contributed by atoms with van der Waals surface area (Å²) in [6, 6.07) is 9.82. The van der Waals surface area contributed by atoms with Crippen molar-refractivity contribution in [2.24, 2.45) is 0 Å². The van der Waals surface area contributed by atoms with Crippen LogP contribution in [0.2, 0.25) is 10.0 Å². The Hall–Kier alpha value is -2.81. The fourth-order valence-corrected chi connectivity index (χ4v) is 5.26. The van der Waals surface area contributed by atoms with Crippen LogP contribution in [0.4, 0.5) is 0 Å². The zero-order valence-electron chi connectivity index (χ0n) is 17.4. The van der Waals surface area contributed by atoms with Crippen molar-refractivity contribution in [1.82, 2.24) is 14.2 Å². The molecular weight excluding hydrogens is 473 g/mol. The Labute approximate surface area is 195 Å². The number of hydrogen-bond donors (Lipinski definition) is 0. The van der Waals surface area contributed by atoms with Gasteiger partial charge in [0.25, 0.3) is 10.0 Å². The van der Waals surface area contributed by atoms with Crippen LogP contribution in [0.25, 0.3) is 10.9 Å². The zero-order valence-corrected chi connectivity index (χ0v) is 19.7. The molecule has 0 bridgehead atoms. The lowest BCUT2D eigenvalue weighted by Gasteiger charge is -2.19. The maximum atomic E-state index is 13.1. The number of halogens is 2. The molecule has 0 aliphatic heterocycles. The largest absolute Gasteiger partial charge is 0.493 e. The van der Waals surface area contributed by atoms with Gasteiger partial charge in [-0.15, -0.1) is 0 Å².